The van der Waals surface area contributed by atoms with Crippen molar-refractivity contribution in [1.82, 2.24) is 4.90 Å². The lowest BCUT2D eigenvalue weighted by atomic mass is 10.1. The molecular weight excluding hydrogens is 190 g/mol. The summed E-state index contributed by atoms with van der Waals surface area (Å²) < 4.78 is 0. The topological polar surface area (TPSA) is 37.4 Å². The van der Waals surface area contributed by atoms with Crippen molar-refractivity contribution in [2.45, 2.75) is 20.8 Å². The summed E-state index contributed by atoms with van der Waals surface area (Å²) >= 11 is 0. The zero-order valence-electron chi connectivity index (χ0n) is 9.65. The maximum atomic E-state index is 11.5. The van der Waals surface area contributed by atoms with E-state index in [-0.39, 0.29) is 5.91 Å². The first-order chi connectivity index (χ1) is 7.16. The van der Waals surface area contributed by atoms with E-state index in [4.69, 9.17) is 0 Å². The maximum Gasteiger partial charge on any atom is 0.260 e. The van der Waals surface area contributed by atoms with Crippen LogP contribution in [-0.4, -0.2) is 24.3 Å². The normalized spacial score (nSPS) is 8.53. The van der Waals surface area contributed by atoms with Gasteiger partial charge in [0.15, 0.2) is 0 Å². The molecule has 0 spiro atoms. The van der Waals surface area contributed by atoms with Crippen molar-refractivity contribution in [3.05, 3.63) is 35.4 Å². The molecule has 1 aromatic carbocycles. The fourth-order valence-corrected chi connectivity index (χ4v) is 1.05. The van der Waals surface area contributed by atoms with Gasteiger partial charge in [-0.05, 0) is 18.6 Å². The largest absolute Gasteiger partial charge is 0.284 e. The first kappa shape index (κ1) is 13.4. The standard InChI is InChI=1S/C10H11NO2.C2H6/c1-8-5-3-4-6-9(8)10(13)11(2)7-12;1-2/h3-7H,1-2H3;1-2H3. The first-order valence-corrected chi connectivity index (χ1v) is 4.95. The Morgan fingerprint density at radius 1 is 1.27 bits per heavy atom. The summed E-state index contributed by atoms with van der Waals surface area (Å²) in [6.45, 7) is 5.84. The molecule has 1 rings (SSSR count). The van der Waals surface area contributed by atoms with E-state index in [1.54, 1.807) is 12.1 Å². The molecule has 15 heavy (non-hydrogen) atoms. The second-order valence-corrected chi connectivity index (χ2v) is 2.84. The van der Waals surface area contributed by atoms with Crippen molar-refractivity contribution in [1.29, 1.82) is 0 Å². The van der Waals surface area contributed by atoms with Gasteiger partial charge in [0.25, 0.3) is 5.91 Å². The van der Waals surface area contributed by atoms with Gasteiger partial charge in [0.05, 0.1) is 0 Å². The molecule has 0 radical (unpaired) electrons. The van der Waals surface area contributed by atoms with Gasteiger partial charge in [0.2, 0.25) is 6.41 Å². The Kier molecular flexibility index (Phi) is 6.02. The van der Waals surface area contributed by atoms with Crippen LogP contribution in [0, 0.1) is 6.92 Å². The van der Waals surface area contributed by atoms with E-state index >= 15 is 0 Å². The van der Waals surface area contributed by atoms with Crippen LogP contribution in [0.4, 0.5) is 0 Å². The van der Waals surface area contributed by atoms with Gasteiger partial charge in [0.1, 0.15) is 0 Å². The van der Waals surface area contributed by atoms with Gasteiger partial charge in [-0.25, -0.2) is 0 Å². The van der Waals surface area contributed by atoms with Crippen LogP contribution < -0.4 is 0 Å². The lowest BCUT2D eigenvalue weighted by Crippen LogP contribution is -2.25. The highest BCUT2D eigenvalue weighted by molar-refractivity contribution is 6.00. The van der Waals surface area contributed by atoms with Gasteiger partial charge in [-0.15, -0.1) is 0 Å². The van der Waals surface area contributed by atoms with Crippen molar-refractivity contribution in [2.75, 3.05) is 7.05 Å². The van der Waals surface area contributed by atoms with E-state index in [9.17, 15) is 9.59 Å². The Hall–Kier alpha value is -1.64. The van der Waals surface area contributed by atoms with E-state index < -0.39 is 0 Å². The molecule has 0 fully saturated rings. The molecule has 0 saturated heterocycles. The Morgan fingerprint density at radius 3 is 2.27 bits per heavy atom. The highest BCUT2D eigenvalue weighted by Gasteiger charge is 2.11. The molecule has 1 aromatic rings. The summed E-state index contributed by atoms with van der Waals surface area (Å²) in [5.41, 5.74) is 1.44. The van der Waals surface area contributed by atoms with E-state index in [0.717, 1.165) is 10.5 Å². The quantitative estimate of drug-likeness (QED) is 0.697. The molecule has 0 unspecified atom stereocenters. The smallest absolute Gasteiger partial charge is 0.260 e. The van der Waals surface area contributed by atoms with Crippen LogP contribution in [0.3, 0.4) is 0 Å². The minimum absolute atomic E-state index is 0.270. The SMILES string of the molecule is CC.Cc1ccccc1C(=O)N(C)C=O. The van der Waals surface area contributed by atoms with E-state index in [2.05, 4.69) is 0 Å². The first-order valence-electron chi connectivity index (χ1n) is 4.95. The Morgan fingerprint density at radius 2 is 1.80 bits per heavy atom. The summed E-state index contributed by atoms with van der Waals surface area (Å²) in [6, 6.07) is 7.18. The van der Waals surface area contributed by atoms with Crippen molar-refractivity contribution in [3.8, 4) is 0 Å². The van der Waals surface area contributed by atoms with Crippen molar-refractivity contribution < 1.29 is 9.59 Å². The molecular formula is C12H17NO2. The third-order valence-electron chi connectivity index (χ3n) is 1.85. The number of carbonyl (C=O) groups is 2. The predicted octanol–water partition coefficient (Wildman–Crippen LogP) is 2.25. The van der Waals surface area contributed by atoms with E-state index in [1.165, 1.54) is 7.05 Å². The molecule has 0 aliphatic rings. The molecule has 0 atom stereocenters. The van der Waals surface area contributed by atoms with Crippen molar-refractivity contribution >= 4 is 12.3 Å². The highest BCUT2D eigenvalue weighted by Crippen LogP contribution is 2.08. The minimum atomic E-state index is -0.270. The number of hydrogen-bond acceptors (Lipinski definition) is 2. The summed E-state index contributed by atoms with van der Waals surface area (Å²) in [6.07, 6.45) is 0.509. The van der Waals surface area contributed by atoms with E-state index in [0.29, 0.717) is 12.0 Å². The van der Waals surface area contributed by atoms with Crippen LogP contribution in [0.1, 0.15) is 29.8 Å². The average molecular weight is 207 g/mol. The van der Waals surface area contributed by atoms with Crippen molar-refractivity contribution in [2.24, 2.45) is 0 Å². The molecule has 82 valence electrons. The van der Waals surface area contributed by atoms with Crippen LogP contribution in [0.25, 0.3) is 0 Å². The minimum Gasteiger partial charge on any atom is -0.284 e. The highest BCUT2D eigenvalue weighted by atomic mass is 16.2. The van der Waals surface area contributed by atoms with Gasteiger partial charge in [0, 0.05) is 12.6 Å². The number of rotatable bonds is 2. The zero-order chi connectivity index (χ0) is 11.8. The van der Waals surface area contributed by atoms with Crippen LogP contribution in [0.15, 0.2) is 24.3 Å². The van der Waals surface area contributed by atoms with Crippen LogP contribution >= 0.6 is 0 Å². The van der Waals surface area contributed by atoms with Gasteiger partial charge in [-0.3, -0.25) is 14.5 Å². The number of nitrogens with zero attached hydrogens (tertiary/aromatic N) is 1. The number of amides is 2. The second-order valence-electron chi connectivity index (χ2n) is 2.84. The average Bonchev–Trinajstić information content (AvgIpc) is 2.30. The van der Waals surface area contributed by atoms with Crippen molar-refractivity contribution in [3.63, 3.8) is 0 Å². The number of carbonyl (C=O) groups excluding carboxylic acids is 2. The third-order valence-corrected chi connectivity index (χ3v) is 1.85. The van der Waals surface area contributed by atoms with E-state index in [1.807, 2.05) is 32.9 Å². The maximum absolute atomic E-state index is 11.5. The lowest BCUT2D eigenvalue weighted by molar-refractivity contribution is -0.115. The lowest BCUT2D eigenvalue weighted by Gasteiger charge is -2.10. The third kappa shape index (κ3) is 3.54. The van der Waals surface area contributed by atoms with Gasteiger partial charge in [-0.1, -0.05) is 32.0 Å². The molecule has 0 saturated carbocycles. The molecule has 0 N–H and O–H groups in total. The molecule has 3 heteroatoms. The monoisotopic (exact) mass is 207 g/mol. The zero-order valence-corrected chi connectivity index (χ0v) is 9.65. The number of imide groups is 1. The van der Waals surface area contributed by atoms with Gasteiger partial charge in [-0.2, -0.15) is 0 Å². The molecule has 0 aromatic heterocycles. The molecule has 3 nitrogen and oxygen atoms in total. The summed E-state index contributed by atoms with van der Waals surface area (Å²) in [4.78, 5) is 22.9. The Labute approximate surface area is 90.7 Å². The predicted molar refractivity (Wildman–Crippen MR) is 60.7 cm³/mol. The van der Waals surface area contributed by atoms with Gasteiger partial charge >= 0.3 is 0 Å². The fraction of sp³-hybridized carbons (Fsp3) is 0.333. The van der Waals surface area contributed by atoms with Crippen LogP contribution in [0.2, 0.25) is 0 Å². The molecule has 0 aliphatic carbocycles. The number of hydrogen-bond donors (Lipinski definition) is 0. The number of benzene rings is 1. The summed E-state index contributed by atoms with van der Waals surface area (Å²) in [7, 11) is 1.45. The molecule has 0 heterocycles. The Balaban J connectivity index is 0.000000921. The Bertz CT molecular complexity index is 334. The summed E-state index contributed by atoms with van der Waals surface area (Å²) in [5, 5.41) is 0. The van der Waals surface area contributed by atoms with Crippen LogP contribution in [-0.2, 0) is 4.79 Å². The van der Waals surface area contributed by atoms with Crippen LogP contribution in [0.5, 0.6) is 0 Å². The molecule has 0 bridgehead atoms. The summed E-state index contributed by atoms with van der Waals surface area (Å²) in [5.74, 6) is -0.270. The fourth-order valence-electron chi connectivity index (χ4n) is 1.05. The molecule has 2 amide bonds. The number of aryl methyl sites for hydroxylation is 1. The molecule has 0 aliphatic heterocycles. The second kappa shape index (κ2) is 6.76. The van der Waals surface area contributed by atoms with Gasteiger partial charge < -0.3 is 0 Å².